The number of hydrogen-bond acceptors (Lipinski definition) is 2. The standard InChI is InChI=1S/C17H29N3/c1-12-11-20(13-8-6-7-9-13)15(19-12)18-10-14-16(2,3)17(14,4)5/h11,13-14H,6-10H2,1-5H3,(H,18,19). The number of imidazole rings is 1. The molecule has 2 aliphatic rings. The zero-order chi connectivity index (χ0) is 14.5. The number of anilines is 1. The van der Waals surface area contributed by atoms with Crippen molar-refractivity contribution >= 4 is 5.95 Å². The fourth-order valence-electron chi connectivity index (χ4n) is 4.14. The van der Waals surface area contributed by atoms with Crippen molar-refractivity contribution in [3.8, 4) is 0 Å². The first-order valence-corrected chi connectivity index (χ1v) is 8.13. The molecule has 0 radical (unpaired) electrons. The monoisotopic (exact) mass is 275 g/mol. The van der Waals surface area contributed by atoms with Gasteiger partial charge < -0.3 is 9.88 Å². The zero-order valence-electron chi connectivity index (χ0n) is 13.7. The highest BCUT2D eigenvalue weighted by molar-refractivity contribution is 5.31. The highest BCUT2D eigenvalue weighted by Gasteiger charge is 2.64. The maximum Gasteiger partial charge on any atom is 0.203 e. The number of nitrogens with zero attached hydrogens (tertiary/aromatic N) is 2. The van der Waals surface area contributed by atoms with E-state index in [1.54, 1.807) is 0 Å². The van der Waals surface area contributed by atoms with Gasteiger partial charge in [-0.3, -0.25) is 0 Å². The van der Waals surface area contributed by atoms with Gasteiger partial charge in [-0.15, -0.1) is 0 Å². The molecule has 1 N–H and O–H groups in total. The second kappa shape index (κ2) is 4.51. The fraction of sp³-hybridized carbons (Fsp3) is 0.824. The van der Waals surface area contributed by atoms with Crippen LogP contribution in [0.2, 0.25) is 0 Å². The van der Waals surface area contributed by atoms with E-state index in [9.17, 15) is 0 Å². The first-order chi connectivity index (χ1) is 9.34. The van der Waals surface area contributed by atoms with Crippen molar-refractivity contribution in [1.29, 1.82) is 0 Å². The summed E-state index contributed by atoms with van der Waals surface area (Å²) in [4.78, 5) is 4.70. The minimum Gasteiger partial charge on any atom is -0.355 e. The van der Waals surface area contributed by atoms with Crippen molar-refractivity contribution in [2.45, 2.75) is 66.3 Å². The highest BCUT2D eigenvalue weighted by atomic mass is 15.2. The molecule has 2 aliphatic carbocycles. The number of rotatable bonds is 4. The van der Waals surface area contributed by atoms with Crippen LogP contribution >= 0.6 is 0 Å². The van der Waals surface area contributed by atoms with E-state index in [-0.39, 0.29) is 0 Å². The molecule has 0 spiro atoms. The third kappa shape index (κ3) is 2.06. The van der Waals surface area contributed by atoms with E-state index in [2.05, 4.69) is 50.7 Å². The lowest BCUT2D eigenvalue weighted by Crippen LogP contribution is -2.14. The number of hydrogen-bond donors (Lipinski definition) is 1. The predicted octanol–water partition coefficient (Wildman–Crippen LogP) is 4.40. The predicted molar refractivity (Wildman–Crippen MR) is 84.0 cm³/mol. The third-order valence-corrected chi connectivity index (χ3v) is 6.35. The Kier molecular flexibility index (Phi) is 3.15. The van der Waals surface area contributed by atoms with Crippen LogP contribution in [-0.4, -0.2) is 16.1 Å². The fourth-order valence-corrected chi connectivity index (χ4v) is 4.14. The van der Waals surface area contributed by atoms with Gasteiger partial charge in [0.05, 0.1) is 5.69 Å². The molecule has 0 atom stereocenters. The maximum atomic E-state index is 4.70. The molecule has 1 aromatic heterocycles. The van der Waals surface area contributed by atoms with Gasteiger partial charge in [-0.1, -0.05) is 40.5 Å². The van der Waals surface area contributed by atoms with Crippen molar-refractivity contribution in [1.82, 2.24) is 9.55 Å². The second-order valence-corrected chi connectivity index (χ2v) is 7.93. The summed E-state index contributed by atoms with van der Waals surface area (Å²) in [6, 6.07) is 0.666. The average Bonchev–Trinajstić information content (AvgIpc) is 2.83. The molecule has 0 saturated heterocycles. The molecule has 3 heteroatoms. The topological polar surface area (TPSA) is 29.9 Å². The van der Waals surface area contributed by atoms with Gasteiger partial charge >= 0.3 is 0 Å². The van der Waals surface area contributed by atoms with Crippen molar-refractivity contribution < 1.29 is 0 Å². The van der Waals surface area contributed by atoms with Gasteiger partial charge in [-0.2, -0.15) is 0 Å². The van der Waals surface area contributed by atoms with Gasteiger partial charge in [0.1, 0.15) is 0 Å². The van der Waals surface area contributed by atoms with Crippen molar-refractivity contribution in [3.05, 3.63) is 11.9 Å². The summed E-state index contributed by atoms with van der Waals surface area (Å²) < 4.78 is 2.39. The molecule has 0 bridgehead atoms. The van der Waals surface area contributed by atoms with Gasteiger partial charge in [0, 0.05) is 18.8 Å². The summed E-state index contributed by atoms with van der Waals surface area (Å²) in [5, 5.41) is 3.64. The molecule has 3 nitrogen and oxygen atoms in total. The van der Waals surface area contributed by atoms with Crippen LogP contribution in [0.5, 0.6) is 0 Å². The first kappa shape index (κ1) is 14.0. The second-order valence-electron chi connectivity index (χ2n) is 7.93. The Morgan fingerprint density at radius 2 is 1.80 bits per heavy atom. The minimum absolute atomic E-state index is 0.444. The lowest BCUT2D eigenvalue weighted by Gasteiger charge is -2.16. The molecule has 2 saturated carbocycles. The molecular weight excluding hydrogens is 246 g/mol. The summed E-state index contributed by atoms with van der Waals surface area (Å²) in [6.45, 7) is 12.7. The Labute approximate surface area is 123 Å². The van der Waals surface area contributed by atoms with E-state index in [1.807, 2.05) is 0 Å². The van der Waals surface area contributed by atoms with Crippen LogP contribution in [0, 0.1) is 23.7 Å². The van der Waals surface area contributed by atoms with Crippen molar-refractivity contribution in [2.24, 2.45) is 16.7 Å². The van der Waals surface area contributed by atoms with Crippen LogP contribution in [0.3, 0.4) is 0 Å². The molecule has 20 heavy (non-hydrogen) atoms. The van der Waals surface area contributed by atoms with Crippen LogP contribution in [0.1, 0.15) is 65.1 Å². The normalized spacial score (nSPS) is 25.1. The van der Waals surface area contributed by atoms with Crippen LogP contribution < -0.4 is 5.32 Å². The highest BCUT2D eigenvalue weighted by Crippen LogP contribution is 2.68. The summed E-state index contributed by atoms with van der Waals surface area (Å²) in [6.07, 6.45) is 7.57. The zero-order valence-corrected chi connectivity index (χ0v) is 13.7. The Morgan fingerprint density at radius 3 is 2.35 bits per heavy atom. The Morgan fingerprint density at radius 1 is 1.20 bits per heavy atom. The van der Waals surface area contributed by atoms with E-state index < -0.39 is 0 Å². The van der Waals surface area contributed by atoms with Crippen LogP contribution in [0.25, 0.3) is 0 Å². The van der Waals surface area contributed by atoms with Gasteiger partial charge in [-0.25, -0.2) is 4.98 Å². The van der Waals surface area contributed by atoms with Crippen LogP contribution in [0.4, 0.5) is 5.95 Å². The van der Waals surface area contributed by atoms with E-state index >= 15 is 0 Å². The van der Waals surface area contributed by atoms with E-state index in [1.165, 1.54) is 25.7 Å². The van der Waals surface area contributed by atoms with Crippen molar-refractivity contribution in [3.63, 3.8) is 0 Å². The Hall–Kier alpha value is -0.990. The number of nitrogens with one attached hydrogen (secondary N) is 1. The quantitative estimate of drug-likeness (QED) is 0.882. The maximum absolute atomic E-state index is 4.70. The summed E-state index contributed by atoms with van der Waals surface area (Å²) in [5.74, 6) is 1.83. The molecule has 3 rings (SSSR count). The van der Waals surface area contributed by atoms with Crippen molar-refractivity contribution in [2.75, 3.05) is 11.9 Å². The summed E-state index contributed by atoms with van der Waals surface area (Å²) >= 11 is 0. The van der Waals surface area contributed by atoms with Gasteiger partial charge in [-0.05, 0) is 36.5 Å². The summed E-state index contributed by atoms with van der Waals surface area (Å²) in [5.41, 5.74) is 2.02. The molecule has 0 aliphatic heterocycles. The summed E-state index contributed by atoms with van der Waals surface area (Å²) in [7, 11) is 0. The molecule has 112 valence electrons. The van der Waals surface area contributed by atoms with E-state index in [4.69, 9.17) is 4.98 Å². The van der Waals surface area contributed by atoms with Gasteiger partial charge in [0.25, 0.3) is 0 Å². The largest absolute Gasteiger partial charge is 0.355 e. The first-order valence-electron chi connectivity index (χ1n) is 8.13. The lowest BCUT2D eigenvalue weighted by atomic mass is 10.0. The third-order valence-electron chi connectivity index (χ3n) is 6.35. The average molecular weight is 275 g/mol. The minimum atomic E-state index is 0.444. The molecular formula is C17H29N3. The Balaban J connectivity index is 1.69. The molecule has 0 unspecified atom stereocenters. The molecule has 0 amide bonds. The van der Waals surface area contributed by atoms with Crippen LogP contribution in [-0.2, 0) is 0 Å². The van der Waals surface area contributed by atoms with Gasteiger partial charge in [0.2, 0.25) is 5.95 Å². The van der Waals surface area contributed by atoms with E-state index in [0.717, 1.165) is 24.1 Å². The Bertz CT molecular complexity index is 478. The smallest absolute Gasteiger partial charge is 0.203 e. The number of aryl methyl sites for hydroxylation is 1. The molecule has 1 aromatic rings. The molecule has 1 heterocycles. The van der Waals surface area contributed by atoms with E-state index in [0.29, 0.717) is 16.9 Å². The SMILES string of the molecule is Cc1cn(C2CCCC2)c(NCC2C(C)(C)C2(C)C)n1. The number of aromatic nitrogens is 2. The van der Waals surface area contributed by atoms with Crippen LogP contribution in [0.15, 0.2) is 6.20 Å². The van der Waals surface area contributed by atoms with Gasteiger partial charge in [0.15, 0.2) is 0 Å². The lowest BCUT2D eigenvalue weighted by molar-refractivity contribution is 0.457. The molecule has 0 aromatic carbocycles. The molecule has 2 fully saturated rings.